The van der Waals surface area contributed by atoms with Gasteiger partial charge in [-0.05, 0) is 17.7 Å². The molecule has 2 rings (SSSR count). The molecular formula is C14H10N2O4. The number of hydrogen-bond acceptors (Lipinski definition) is 5. The van der Waals surface area contributed by atoms with E-state index in [1.807, 2.05) is 30.3 Å². The van der Waals surface area contributed by atoms with E-state index in [0.717, 1.165) is 5.56 Å². The summed E-state index contributed by atoms with van der Waals surface area (Å²) in [6, 6.07) is 14.2. The summed E-state index contributed by atoms with van der Waals surface area (Å²) in [5.41, 5.74) is 0.902. The summed E-state index contributed by atoms with van der Waals surface area (Å²) >= 11 is 0. The minimum Gasteiger partial charge on any atom is -0.313 e. The lowest BCUT2D eigenvalue weighted by Crippen LogP contribution is -2.01. The van der Waals surface area contributed by atoms with Crippen LogP contribution in [0.3, 0.4) is 0 Å². The van der Waals surface area contributed by atoms with Crippen molar-refractivity contribution in [3.05, 3.63) is 75.8 Å². The number of rotatable bonds is 4. The number of carbonyl (C=O) groups excluding carboxylic acids is 1. The van der Waals surface area contributed by atoms with Crippen molar-refractivity contribution in [1.29, 1.82) is 0 Å². The van der Waals surface area contributed by atoms with E-state index in [1.165, 1.54) is 30.5 Å². The van der Waals surface area contributed by atoms with Gasteiger partial charge in [-0.25, -0.2) is 4.79 Å². The van der Waals surface area contributed by atoms with Crippen molar-refractivity contribution in [1.82, 2.24) is 0 Å². The molecule has 0 aliphatic heterocycles. The van der Waals surface area contributed by atoms with Crippen LogP contribution in [0.2, 0.25) is 0 Å². The molecule has 100 valence electrons. The van der Waals surface area contributed by atoms with Crippen LogP contribution in [-0.4, -0.2) is 17.1 Å². The van der Waals surface area contributed by atoms with E-state index in [2.05, 4.69) is 5.16 Å². The van der Waals surface area contributed by atoms with Crippen molar-refractivity contribution in [2.24, 2.45) is 5.16 Å². The standard InChI is InChI=1S/C14H10N2O4/c17-14(12-6-8-13(9-7-12)16(18)19)20-15-10-11-4-2-1-3-5-11/h1-10H. The Bertz CT molecular complexity index is 636. The van der Waals surface area contributed by atoms with Crippen molar-refractivity contribution in [2.45, 2.75) is 0 Å². The molecule has 0 saturated heterocycles. The normalized spacial score (nSPS) is 10.4. The zero-order valence-electron chi connectivity index (χ0n) is 10.3. The van der Waals surface area contributed by atoms with E-state index in [1.54, 1.807) is 0 Å². The fourth-order valence-corrected chi connectivity index (χ4v) is 1.45. The highest BCUT2D eigenvalue weighted by molar-refractivity contribution is 5.90. The third kappa shape index (κ3) is 3.49. The number of nitrogens with zero attached hydrogens (tertiary/aromatic N) is 2. The monoisotopic (exact) mass is 270 g/mol. The summed E-state index contributed by atoms with van der Waals surface area (Å²) in [6.45, 7) is 0. The topological polar surface area (TPSA) is 81.8 Å². The lowest BCUT2D eigenvalue weighted by Gasteiger charge is -1.97. The predicted molar refractivity (Wildman–Crippen MR) is 72.5 cm³/mol. The molecule has 0 heterocycles. The van der Waals surface area contributed by atoms with E-state index in [4.69, 9.17) is 4.84 Å². The van der Waals surface area contributed by atoms with Gasteiger partial charge in [0, 0.05) is 12.1 Å². The van der Waals surface area contributed by atoms with E-state index in [-0.39, 0.29) is 11.3 Å². The van der Waals surface area contributed by atoms with E-state index >= 15 is 0 Å². The van der Waals surface area contributed by atoms with Crippen LogP contribution in [0, 0.1) is 10.1 Å². The molecule has 2 aromatic rings. The second-order valence-electron chi connectivity index (χ2n) is 3.83. The highest BCUT2D eigenvalue weighted by atomic mass is 16.7. The minimum absolute atomic E-state index is 0.0886. The maximum absolute atomic E-state index is 11.6. The number of carbonyl (C=O) groups is 1. The van der Waals surface area contributed by atoms with Gasteiger partial charge < -0.3 is 4.84 Å². The largest absolute Gasteiger partial charge is 0.365 e. The van der Waals surface area contributed by atoms with Gasteiger partial charge in [-0.3, -0.25) is 10.1 Å². The van der Waals surface area contributed by atoms with Gasteiger partial charge in [0.15, 0.2) is 0 Å². The molecular weight excluding hydrogens is 260 g/mol. The van der Waals surface area contributed by atoms with Gasteiger partial charge in [-0.2, -0.15) is 0 Å². The molecule has 0 spiro atoms. The van der Waals surface area contributed by atoms with E-state index < -0.39 is 10.9 Å². The van der Waals surface area contributed by atoms with E-state index in [0.29, 0.717) is 0 Å². The molecule has 0 unspecified atom stereocenters. The SMILES string of the molecule is O=C(ON=Cc1ccccc1)c1ccc([N+](=O)[O-])cc1. The molecule has 0 fully saturated rings. The fourth-order valence-electron chi connectivity index (χ4n) is 1.45. The van der Waals surface area contributed by atoms with Crippen LogP contribution < -0.4 is 0 Å². The Morgan fingerprint density at radius 2 is 1.75 bits per heavy atom. The number of nitro groups is 1. The van der Waals surface area contributed by atoms with Crippen molar-refractivity contribution in [3.63, 3.8) is 0 Å². The number of nitro benzene ring substituents is 1. The molecule has 0 aliphatic carbocycles. The second-order valence-corrected chi connectivity index (χ2v) is 3.83. The number of benzene rings is 2. The van der Waals surface area contributed by atoms with Gasteiger partial charge in [0.25, 0.3) is 5.69 Å². The summed E-state index contributed by atoms with van der Waals surface area (Å²) in [4.78, 5) is 26.2. The van der Waals surface area contributed by atoms with Crippen LogP contribution in [0.4, 0.5) is 5.69 Å². The predicted octanol–water partition coefficient (Wildman–Crippen LogP) is 2.79. The third-order valence-corrected chi connectivity index (χ3v) is 2.45. The molecule has 0 saturated carbocycles. The average Bonchev–Trinajstić information content (AvgIpc) is 2.48. The molecule has 6 nitrogen and oxygen atoms in total. The lowest BCUT2D eigenvalue weighted by atomic mass is 10.2. The Morgan fingerprint density at radius 1 is 1.10 bits per heavy atom. The maximum Gasteiger partial charge on any atom is 0.365 e. The molecule has 0 radical (unpaired) electrons. The zero-order valence-corrected chi connectivity index (χ0v) is 10.3. The first-order valence-electron chi connectivity index (χ1n) is 5.71. The van der Waals surface area contributed by atoms with E-state index in [9.17, 15) is 14.9 Å². The van der Waals surface area contributed by atoms with Gasteiger partial charge in [0.1, 0.15) is 0 Å². The van der Waals surface area contributed by atoms with Crippen LogP contribution in [0.1, 0.15) is 15.9 Å². The van der Waals surface area contributed by atoms with Gasteiger partial charge in [0.05, 0.1) is 16.7 Å². The molecule has 0 aromatic heterocycles. The summed E-state index contributed by atoms with van der Waals surface area (Å²) in [5.74, 6) is -0.674. The van der Waals surface area contributed by atoms with Crippen molar-refractivity contribution >= 4 is 17.9 Å². The first kappa shape index (κ1) is 13.4. The highest BCUT2D eigenvalue weighted by Crippen LogP contribution is 2.12. The first-order chi connectivity index (χ1) is 9.66. The van der Waals surface area contributed by atoms with Crippen LogP contribution in [0.25, 0.3) is 0 Å². The molecule has 0 bridgehead atoms. The molecule has 6 heteroatoms. The maximum atomic E-state index is 11.6. The highest BCUT2D eigenvalue weighted by Gasteiger charge is 2.10. The molecule has 0 N–H and O–H groups in total. The first-order valence-corrected chi connectivity index (χ1v) is 5.71. The average molecular weight is 270 g/mol. The molecule has 0 amide bonds. The Kier molecular flexibility index (Phi) is 4.18. The summed E-state index contributed by atoms with van der Waals surface area (Å²) in [7, 11) is 0. The Labute approximate surface area is 114 Å². The van der Waals surface area contributed by atoms with Gasteiger partial charge in [-0.15, -0.1) is 0 Å². The molecule has 20 heavy (non-hydrogen) atoms. The minimum atomic E-state index is -0.674. The Balaban J connectivity index is 1.98. The van der Waals surface area contributed by atoms with Crippen molar-refractivity contribution in [3.8, 4) is 0 Å². The molecule has 2 aromatic carbocycles. The van der Waals surface area contributed by atoms with Crippen molar-refractivity contribution < 1.29 is 14.6 Å². The number of oxime groups is 1. The molecule has 0 aliphatic rings. The summed E-state index contributed by atoms with van der Waals surface area (Å²) < 4.78 is 0. The Hall–Kier alpha value is -3.02. The van der Waals surface area contributed by atoms with Crippen LogP contribution in [0.5, 0.6) is 0 Å². The summed E-state index contributed by atoms with van der Waals surface area (Å²) in [5, 5.41) is 14.0. The fraction of sp³-hybridized carbons (Fsp3) is 0. The van der Waals surface area contributed by atoms with Gasteiger partial charge in [-0.1, -0.05) is 35.5 Å². The van der Waals surface area contributed by atoms with Crippen LogP contribution >= 0.6 is 0 Å². The zero-order chi connectivity index (χ0) is 14.4. The Morgan fingerprint density at radius 3 is 2.35 bits per heavy atom. The molecule has 0 atom stereocenters. The van der Waals surface area contributed by atoms with Crippen LogP contribution in [0.15, 0.2) is 59.8 Å². The quantitative estimate of drug-likeness (QED) is 0.370. The van der Waals surface area contributed by atoms with Gasteiger partial charge >= 0.3 is 5.97 Å². The van der Waals surface area contributed by atoms with Crippen LogP contribution in [-0.2, 0) is 4.84 Å². The number of hydrogen-bond donors (Lipinski definition) is 0. The summed E-state index contributed by atoms with van der Waals surface area (Å²) in [6.07, 6.45) is 1.41. The lowest BCUT2D eigenvalue weighted by molar-refractivity contribution is -0.384. The smallest absolute Gasteiger partial charge is 0.313 e. The van der Waals surface area contributed by atoms with Crippen molar-refractivity contribution in [2.75, 3.05) is 0 Å². The van der Waals surface area contributed by atoms with Gasteiger partial charge in [0.2, 0.25) is 0 Å². The third-order valence-electron chi connectivity index (χ3n) is 2.45. The number of non-ortho nitro benzene ring substituents is 1. The second kappa shape index (κ2) is 6.24.